The van der Waals surface area contributed by atoms with Crippen LogP contribution in [-0.2, 0) is 0 Å². The Morgan fingerprint density at radius 1 is 0.857 bits per heavy atom. The molecule has 0 aliphatic carbocycles. The van der Waals surface area contributed by atoms with Crippen LogP contribution in [0, 0.1) is 0 Å². The molecule has 0 rings (SSSR count). The molecule has 0 saturated carbocycles. The maximum absolute atomic E-state index is 2.00. The predicted octanol–water partition coefficient (Wildman–Crippen LogP) is -4.79. The first-order valence-electron chi connectivity index (χ1n) is 1.49. The third-order valence-electron chi connectivity index (χ3n) is 0.333. The van der Waals surface area contributed by atoms with Crippen LogP contribution in [0.1, 0.15) is 13.8 Å². The minimum absolute atomic E-state index is 0. The molecule has 3 radical (unpaired) electrons. The van der Waals surface area contributed by atoms with Crippen LogP contribution >= 0.6 is 0 Å². The molecule has 0 spiro atoms. The third kappa shape index (κ3) is 35.6. The summed E-state index contributed by atoms with van der Waals surface area (Å²) in [4.78, 5) is 0. The Bertz CT molecular complexity index is 24.9. The van der Waals surface area contributed by atoms with Gasteiger partial charge in [0, 0.05) is 25.8 Å². The van der Waals surface area contributed by atoms with Gasteiger partial charge in [0.05, 0.1) is 0 Å². The molecular weight excluding hydrogens is 323 g/mol. The van der Waals surface area contributed by atoms with Crippen LogP contribution in [0.2, 0.25) is 0 Å². The van der Waals surface area contributed by atoms with Gasteiger partial charge in [-0.1, -0.05) is 12.2 Å². The largest absolute Gasteiger partial charge is 1.00 e. The first kappa shape index (κ1) is 23.5. The Kier molecular flexibility index (Phi) is 86.1. The Balaban J connectivity index is -0.0000000150. The van der Waals surface area contributed by atoms with E-state index in [4.69, 9.17) is 0 Å². The van der Waals surface area contributed by atoms with Gasteiger partial charge in [-0.3, -0.25) is 0 Å². The summed E-state index contributed by atoms with van der Waals surface area (Å²) < 4.78 is 0. The summed E-state index contributed by atoms with van der Waals surface area (Å²) in [5.41, 5.74) is 0. The molecule has 0 amide bonds. The van der Waals surface area contributed by atoms with Gasteiger partial charge < -0.3 is 34.0 Å². The third-order valence-corrected chi connectivity index (χ3v) is 0.333. The van der Waals surface area contributed by atoms with Crippen molar-refractivity contribution >= 4 is 25.8 Å². The molecule has 0 aromatic rings. The van der Waals surface area contributed by atoms with E-state index in [1.807, 2.05) is 26.0 Å². The first-order valence-corrected chi connectivity index (χ1v) is 1.49. The van der Waals surface area contributed by atoms with Crippen molar-refractivity contribution in [2.45, 2.75) is 13.8 Å². The Labute approximate surface area is 85.1 Å². The molecule has 43 valence electrons. The number of allylic oxidation sites excluding steroid dienone is 2. The first-order chi connectivity index (χ1) is 1.91. The van der Waals surface area contributed by atoms with Crippen LogP contribution in [-0.4, -0.2) is 25.8 Å². The minimum atomic E-state index is 0. The molecule has 0 fully saturated rings. The predicted molar refractivity (Wildman–Crippen MR) is 26.2 cm³/mol. The maximum Gasteiger partial charge on any atom is 0 e. The van der Waals surface area contributed by atoms with Crippen molar-refractivity contribution in [2.75, 3.05) is 0 Å². The van der Waals surface area contributed by atoms with E-state index in [2.05, 4.69) is 0 Å². The summed E-state index contributed by atoms with van der Waals surface area (Å²) in [6.45, 7) is 4.00. The minimum Gasteiger partial charge on any atom is -1.00 e. The van der Waals surface area contributed by atoms with Gasteiger partial charge in [-0.2, -0.15) is 0 Å². The second kappa shape index (κ2) is 25.6. The van der Waals surface area contributed by atoms with E-state index in [1.165, 1.54) is 0 Å². The van der Waals surface area contributed by atoms with Crippen molar-refractivity contribution in [2.24, 2.45) is 0 Å². The zero-order valence-corrected chi connectivity index (χ0v) is 11.0. The quantitative estimate of drug-likeness (QED) is 0.391. The second-order valence-corrected chi connectivity index (χ2v) is 0.667. The van der Waals surface area contributed by atoms with E-state index in [-0.39, 0.29) is 59.8 Å². The molecule has 0 aliphatic heterocycles. The molecule has 0 aromatic carbocycles. The fraction of sp³-hybridized carbons (Fsp3) is 0.500. The molecule has 0 saturated heterocycles. The summed E-state index contributed by atoms with van der Waals surface area (Å²) in [5.74, 6) is 0. The van der Waals surface area contributed by atoms with E-state index in [0.717, 1.165) is 0 Å². The van der Waals surface area contributed by atoms with Gasteiger partial charge in [0.25, 0.3) is 0 Å². The van der Waals surface area contributed by atoms with Crippen LogP contribution < -0.4 is 34.0 Å². The van der Waals surface area contributed by atoms with Gasteiger partial charge in [0.15, 0.2) is 0 Å². The van der Waals surface area contributed by atoms with E-state index in [9.17, 15) is 0 Å². The molecule has 0 atom stereocenters. The van der Waals surface area contributed by atoms with E-state index < -0.39 is 0 Å². The van der Waals surface area contributed by atoms with Crippen LogP contribution in [0.4, 0.5) is 0 Å². The maximum atomic E-state index is 2.00. The SMILES string of the molecule is C/C=C/C.[Br-].[Br-].[In]. The molecule has 0 aliphatic rings. The van der Waals surface area contributed by atoms with Crippen LogP contribution in [0.5, 0.6) is 0 Å². The van der Waals surface area contributed by atoms with Crippen molar-refractivity contribution in [1.82, 2.24) is 0 Å². The summed E-state index contributed by atoms with van der Waals surface area (Å²) in [6, 6.07) is 0. The summed E-state index contributed by atoms with van der Waals surface area (Å²) in [6.07, 6.45) is 4.00. The van der Waals surface area contributed by atoms with Crippen LogP contribution in [0.3, 0.4) is 0 Å². The molecule has 3 heteroatoms. The Hall–Kier alpha value is 1.57. The van der Waals surface area contributed by atoms with Crippen LogP contribution in [0.15, 0.2) is 12.2 Å². The smallest absolute Gasteiger partial charge is 0 e. The van der Waals surface area contributed by atoms with Gasteiger partial charge >= 0.3 is 0 Å². The Morgan fingerprint density at radius 2 is 1.00 bits per heavy atom. The topological polar surface area (TPSA) is 0 Å². The number of hydrogen-bond acceptors (Lipinski definition) is 0. The van der Waals surface area contributed by atoms with Crippen molar-refractivity contribution in [3.63, 3.8) is 0 Å². The number of hydrogen-bond donors (Lipinski definition) is 0. The second-order valence-electron chi connectivity index (χ2n) is 0.667. The standard InChI is InChI=1S/C4H8.2BrH.In/c1-3-4-2;;;/h3-4H,1-2H3;2*1H;/p-2/b4-3+;;;. The van der Waals surface area contributed by atoms with Crippen molar-refractivity contribution in [3.8, 4) is 0 Å². The van der Waals surface area contributed by atoms with Crippen molar-refractivity contribution in [3.05, 3.63) is 12.2 Å². The van der Waals surface area contributed by atoms with Crippen LogP contribution in [0.25, 0.3) is 0 Å². The van der Waals surface area contributed by atoms with Crippen molar-refractivity contribution < 1.29 is 34.0 Å². The average molecular weight is 331 g/mol. The molecule has 0 nitrogen and oxygen atoms in total. The normalized spacial score (nSPS) is 5.43. The zero-order chi connectivity index (χ0) is 3.41. The molecule has 0 aromatic heterocycles. The van der Waals surface area contributed by atoms with E-state index in [1.54, 1.807) is 0 Å². The monoisotopic (exact) mass is 329 g/mol. The molecule has 0 bridgehead atoms. The number of halogens is 2. The fourth-order valence-corrected chi connectivity index (χ4v) is 0. The molecule has 0 unspecified atom stereocenters. The number of rotatable bonds is 0. The van der Waals surface area contributed by atoms with Gasteiger partial charge in [-0.05, 0) is 13.8 Å². The molecular formula is C4H8Br2In-2. The van der Waals surface area contributed by atoms with E-state index >= 15 is 0 Å². The van der Waals surface area contributed by atoms with Gasteiger partial charge in [-0.25, -0.2) is 0 Å². The summed E-state index contributed by atoms with van der Waals surface area (Å²) in [7, 11) is 0. The molecule has 0 heterocycles. The van der Waals surface area contributed by atoms with Gasteiger partial charge in [0.2, 0.25) is 0 Å². The summed E-state index contributed by atoms with van der Waals surface area (Å²) >= 11 is 0. The average Bonchev–Trinajstić information content (AvgIpc) is 1.37. The summed E-state index contributed by atoms with van der Waals surface area (Å²) in [5, 5.41) is 0. The van der Waals surface area contributed by atoms with Crippen molar-refractivity contribution in [1.29, 1.82) is 0 Å². The fourth-order valence-electron chi connectivity index (χ4n) is 0. The molecule has 0 N–H and O–H groups in total. The van der Waals surface area contributed by atoms with Gasteiger partial charge in [0.1, 0.15) is 0 Å². The van der Waals surface area contributed by atoms with E-state index in [0.29, 0.717) is 0 Å². The Morgan fingerprint density at radius 3 is 1.00 bits per heavy atom. The molecule has 7 heavy (non-hydrogen) atoms. The zero-order valence-electron chi connectivity index (χ0n) is 4.49. The van der Waals surface area contributed by atoms with Gasteiger partial charge in [-0.15, -0.1) is 0 Å².